The summed E-state index contributed by atoms with van der Waals surface area (Å²) >= 11 is 5.81. The number of benzene rings is 2. The summed E-state index contributed by atoms with van der Waals surface area (Å²) < 4.78 is 5.31. The molecule has 0 fully saturated rings. The molecular weight excluding hydrogens is 278 g/mol. The lowest BCUT2D eigenvalue weighted by molar-refractivity contribution is -0.118. The maximum atomic E-state index is 11.7. The number of phenols is 1. The third-order valence-corrected chi connectivity index (χ3v) is 2.83. The SMILES string of the molecule is Cc1ccc(NC(=O)COc2cccc(Cl)c2)c(O)c1. The number of aryl methyl sites for hydroxylation is 1. The van der Waals surface area contributed by atoms with E-state index in [0.717, 1.165) is 5.56 Å². The Labute approximate surface area is 122 Å². The first-order valence-corrected chi connectivity index (χ1v) is 6.40. The topological polar surface area (TPSA) is 58.6 Å². The van der Waals surface area contributed by atoms with Crippen molar-refractivity contribution in [2.45, 2.75) is 6.92 Å². The average molecular weight is 292 g/mol. The van der Waals surface area contributed by atoms with Crippen LogP contribution in [0.3, 0.4) is 0 Å². The third-order valence-electron chi connectivity index (χ3n) is 2.59. The van der Waals surface area contributed by atoms with Crippen molar-refractivity contribution in [3.63, 3.8) is 0 Å². The average Bonchev–Trinajstić information content (AvgIpc) is 2.40. The summed E-state index contributed by atoms with van der Waals surface area (Å²) in [5.41, 5.74) is 1.27. The number of halogens is 1. The first-order valence-electron chi connectivity index (χ1n) is 6.02. The highest BCUT2D eigenvalue weighted by atomic mass is 35.5. The molecule has 0 spiro atoms. The first-order chi connectivity index (χ1) is 9.54. The smallest absolute Gasteiger partial charge is 0.262 e. The van der Waals surface area contributed by atoms with E-state index in [4.69, 9.17) is 16.3 Å². The molecule has 2 aromatic rings. The van der Waals surface area contributed by atoms with Gasteiger partial charge in [-0.1, -0.05) is 23.7 Å². The second-order valence-corrected chi connectivity index (χ2v) is 4.75. The molecular formula is C15H14ClNO3. The highest BCUT2D eigenvalue weighted by Gasteiger charge is 2.07. The van der Waals surface area contributed by atoms with E-state index in [0.29, 0.717) is 16.5 Å². The van der Waals surface area contributed by atoms with E-state index in [-0.39, 0.29) is 18.3 Å². The van der Waals surface area contributed by atoms with Crippen LogP contribution in [0.5, 0.6) is 11.5 Å². The fraction of sp³-hybridized carbons (Fsp3) is 0.133. The summed E-state index contributed by atoms with van der Waals surface area (Å²) in [6, 6.07) is 11.8. The van der Waals surface area contributed by atoms with Crippen molar-refractivity contribution < 1.29 is 14.6 Å². The van der Waals surface area contributed by atoms with Gasteiger partial charge in [0.2, 0.25) is 0 Å². The van der Waals surface area contributed by atoms with Crippen LogP contribution in [0.1, 0.15) is 5.56 Å². The van der Waals surface area contributed by atoms with Crippen molar-refractivity contribution in [1.82, 2.24) is 0 Å². The molecule has 0 aliphatic rings. The van der Waals surface area contributed by atoms with Crippen LogP contribution >= 0.6 is 11.6 Å². The molecule has 20 heavy (non-hydrogen) atoms. The largest absolute Gasteiger partial charge is 0.506 e. The highest BCUT2D eigenvalue weighted by Crippen LogP contribution is 2.23. The zero-order chi connectivity index (χ0) is 14.5. The van der Waals surface area contributed by atoms with E-state index in [9.17, 15) is 9.90 Å². The number of aromatic hydroxyl groups is 1. The highest BCUT2D eigenvalue weighted by molar-refractivity contribution is 6.30. The van der Waals surface area contributed by atoms with E-state index in [1.165, 1.54) is 0 Å². The first kappa shape index (κ1) is 14.2. The van der Waals surface area contributed by atoms with Crippen molar-refractivity contribution in [2.75, 3.05) is 11.9 Å². The molecule has 0 saturated heterocycles. The molecule has 0 saturated carbocycles. The Morgan fingerprint density at radius 2 is 2.10 bits per heavy atom. The van der Waals surface area contributed by atoms with Gasteiger partial charge in [-0.3, -0.25) is 4.79 Å². The van der Waals surface area contributed by atoms with Gasteiger partial charge in [0.05, 0.1) is 5.69 Å². The third kappa shape index (κ3) is 3.90. The lowest BCUT2D eigenvalue weighted by atomic mass is 10.2. The zero-order valence-corrected chi connectivity index (χ0v) is 11.6. The minimum atomic E-state index is -0.357. The molecule has 2 rings (SSSR count). The van der Waals surface area contributed by atoms with Gasteiger partial charge in [-0.25, -0.2) is 0 Å². The lowest BCUT2D eigenvalue weighted by Crippen LogP contribution is -2.20. The van der Waals surface area contributed by atoms with Crippen LogP contribution in [0.4, 0.5) is 5.69 Å². The van der Waals surface area contributed by atoms with Crippen molar-refractivity contribution in [3.8, 4) is 11.5 Å². The molecule has 2 N–H and O–H groups in total. The molecule has 4 nitrogen and oxygen atoms in total. The fourth-order valence-corrected chi connectivity index (χ4v) is 1.82. The Hall–Kier alpha value is -2.20. The summed E-state index contributed by atoms with van der Waals surface area (Å²) in [7, 11) is 0. The number of ether oxygens (including phenoxy) is 1. The van der Waals surface area contributed by atoms with E-state index < -0.39 is 0 Å². The number of amides is 1. The number of hydrogen-bond donors (Lipinski definition) is 2. The number of rotatable bonds is 4. The van der Waals surface area contributed by atoms with Crippen LogP contribution in [0.2, 0.25) is 5.02 Å². The van der Waals surface area contributed by atoms with Crippen molar-refractivity contribution in [3.05, 3.63) is 53.1 Å². The van der Waals surface area contributed by atoms with Gasteiger partial charge in [0.25, 0.3) is 5.91 Å². The minimum absolute atomic E-state index is 0.0288. The van der Waals surface area contributed by atoms with Gasteiger partial charge < -0.3 is 15.2 Å². The van der Waals surface area contributed by atoms with E-state index in [1.54, 1.807) is 42.5 Å². The summed E-state index contributed by atoms with van der Waals surface area (Å²) in [5, 5.41) is 12.8. The number of phenolic OH excluding ortho intramolecular Hbond substituents is 1. The molecule has 2 aromatic carbocycles. The molecule has 0 atom stereocenters. The van der Waals surface area contributed by atoms with E-state index >= 15 is 0 Å². The predicted molar refractivity (Wildman–Crippen MR) is 78.4 cm³/mol. The second-order valence-electron chi connectivity index (χ2n) is 4.31. The molecule has 0 heterocycles. The van der Waals surface area contributed by atoms with Crippen LogP contribution in [-0.2, 0) is 4.79 Å². The Bertz CT molecular complexity index is 628. The quantitative estimate of drug-likeness (QED) is 0.849. The van der Waals surface area contributed by atoms with Crippen molar-refractivity contribution >= 4 is 23.2 Å². The van der Waals surface area contributed by atoms with Gasteiger partial charge in [0.1, 0.15) is 11.5 Å². The van der Waals surface area contributed by atoms with Gasteiger partial charge in [-0.2, -0.15) is 0 Å². The maximum Gasteiger partial charge on any atom is 0.262 e. The fourth-order valence-electron chi connectivity index (χ4n) is 1.64. The van der Waals surface area contributed by atoms with Crippen LogP contribution in [0.25, 0.3) is 0 Å². The van der Waals surface area contributed by atoms with Crippen LogP contribution < -0.4 is 10.1 Å². The molecule has 0 aromatic heterocycles. The summed E-state index contributed by atoms with van der Waals surface area (Å²) in [6.45, 7) is 1.70. The number of hydrogen-bond acceptors (Lipinski definition) is 3. The van der Waals surface area contributed by atoms with Gasteiger partial charge in [0.15, 0.2) is 6.61 Å². The second kappa shape index (κ2) is 6.30. The van der Waals surface area contributed by atoms with Crippen LogP contribution in [0.15, 0.2) is 42.5 Å². The molecule has 104 valence electrons. The summed E-state index contributed by atoms with van der Waals surface area (Å²) in [4.78, 5) is 11.7. The summed E-state index contributed by atoms with van der Waals surface area (Å²) in [6.07, 6.45) is 0. The lowest BCUT2D eigenvalue weighted by Gasteiger charge is -2.09. The van der Waals surface area contributed by atoms with E-state index in [2.05, 4.69) is 5.32 Å². The Balaban J connectivity index is 1.92. The van der Waals surface area contributed by atoms with Crippen molar-refractivity contribution in [1.29, 1.82) is 0 Å². The molecule has 0 bridgehead atoms. The number of anilines is 1. The minimum Gasteiger partial charge on any atom is -0.506 e. The summed E-state index contributed by atoms with van der Waals surface area (Å²) in [5.74, 6) is 0.186. The Morgan fingerprint density at radius 1 is 1.30 bits per heavy atom. The zero-order valence-electron chi connectivity index (χ0n) is 10.9. The van der Waals surface area contributed by atoms with Gasteiger partial charge in [-0.05, 0) is 42.8 Å². The molecule has 0 aliphatic heterocycles. The Morgan fingerprint density at radius 3 is 2.80 bits per heavy atom. The predicted octanol–water partition coefficient (Wildman–Crippen LogP) is 3.37. The molecule has 0 aliphatic carbocycles. The van der Waals surface area contributed by atoms with E-state index in [1.807, 2.05) is 6.92 Å². The molecule has 0 radical (unpaired) electrons. The maximum absolute atomic E-state index is 11.7. The molecule has 5 heteroatoms. The number of carbonyl (C=O) groups is 1. The molecule has 0 unspecified atom stereocenters. The monoisotopic (exact) mass is 291 g/mol. The Kier molecular flexibility index (Phi) is 4.48. The van der Waals surface area contributed by atoms with Gasteiger partial charge in [-0.15, -0.1) is 0 Å². The molecule has 1 amide bonds. The normalized spacial score (nSPS) is 10.1. The van der Waals surface area contributed by atoms with Crippen molar-refractivity contribution in [2.24, 2.45) is 0 Å². The number of carbonyl (C=O) groups excluding carboxylic acids is 1. The standard InChI is InChI=1S/C15H14ClNO3/c1-10-5-6-13(14(18)7-10)17-15(19)9-20-12-4-2-3-11(16)8-12/h2-8,18H,9H2,1H3,(H,17,19). The van der Waals surface area contributed by atoms with Crippen LogP contribution in [0, 0.1) is 6.92 Å². The van der Waals surface area contributed by atoms with Gasteiger partial charge >= 0.3 is 0 Å². The van der Waals surface area contributed by atoms with Gasteiger partial charge in [0, 0.05) is 5.02 Å². The van der Waals surface area contributed by atoms with Crippen LogP contribution in [-0.4, -0.2) is 17.6 Å². The number of nitrogens with one attached hydrogen (secondary N) is 1.